The molecule has 3 heterocycles. The molecule has 0 saturated heterocycles. The van der Waals surface area contributed by atoms with Crippen LogP contribution >= 0.6 is 11.3 Å². The number of carbonyl (C=O) groups is 1. The van der Waals surface area contributed by atoms with Crippen LogP contribution in [0.25, 0.3) is 21.3 Å². The maximum Gasteiger partial charge on any atom is 0.266 e. The van der Waals surface area contributed by atoms with E-state index in [4.69, 9.17) is 13.9 Å². The minimum absolute atomic E-state index is 0.226. The molecule has 0 aliphatic rings. The molecule has 1 aromatic carbocycles. The van der Waals surface area contributed by atoms with E-state index in [2.05, 4.69) is 20.3 Å². The van der Waals surface area contributed by atoms with Gasteiger partial charge in [0.1, 0.15) is 17.0 Å². The number of rotatable bonds is 5. The second-order valence-corrected chi connectivity index (χ2v) is 7.19. The number of aryl methyl sites for hydroxylation is 2. The molecule has 1 amide bonds. The SMILES string of the molecule is COCc1nc(OC)c2c(C)c(C(=O)Nc3ccc4oc(C)nc4c3)sc2n1. The van der Waals surface area contributed by atoms with Crippen LogP contribution in [0.4, 0.5) is 5.69 Å². The first-order chi connectivity index (χ1) is 13.5. The number of nitrogens with zero attached hydrogens (tertiary/aromatic N) is 3. The van der Waals surface area contributed by atoms with Gasteiger partial charge in [0.25, 0.3) is 5.91 Å². The molecule has 0 spiro atoms. The number of hydrogen-bond acceptors (Lipinski definition) is 8. The predicted molar refractivity (Wildman–Crippen MR) is 106 cm³/mol. The molecule has 0 aliphatic heterocycles. The van der Waals surface area contributed by atoms with Crippen LogP contribution in [-0.4, -0.2) is 35.1 Å². The first-order valence-corrected chi connectivity index (χ1v) is 9.33. The summed E-state index contributed by atoms with van der Waals surface area (Å²) in [4.78, 5) is 27.3. The number of thiophene rings is 1. The Morgan fingerprint density at radius 2 is 2.04 bits per heavy atom. The van der Waals surface area contributed by atoms with Crippen LogP contribution in [0, 0.1) is 13.8 Å². The third-order valence-electron chi connectivity index (χ3n) is 4.23. The van der Waals surface area contributed by atoms with Gasteiger partial charge >= 0.3 is 0 Å². The number of carbonyl (C=O) groups excluding carboxylic acids is 1. The zero-order valence-electron chi connectivity index (χ0n) is 15.8. The van der Waals surface area contributed by atoms with Gasteiger partial charge in [-0.3, -0.25) is 4.79 Å². The third-order valence-corrected chi connectivity index (χ3v) is 5.41. The lowest BCUT2D eigenvalue weighted by Gasteiger charge is -2.05. The average molecular weight is 398 g/mol. The number of fused-ring (bicyclic) bond motifs is 2. The molecule has 0 atom stereocenters. The van der Waals surface area contributed by atoms with Gasteiger partial charge in [-0.25, -0.2) is 9.97 Å². The van der Waals surface area contributed by atoms with Crippen LogP contribution in [0.3, 0.4) is 0 Å². The number of anilines is 1. The van der Waals surface area contributed by atoms with Crippen LogP contribution in [0.15, 0.2) is 22.6 Å². The highest BCUT2D eigenvalue weighted by atomic mass is 32.1. The van der Waals surface area contributed by atoms with E-state index in [0.717, 1.165) is 10.9 Å². The van der Waals surface area contributed by atoms with E-state index in [-0.39, 0.29) is 12.5 Å². The van der Waals surface area contributed by atoms with Crippen molar-refractivity contribution in [3.8, 4) is 5.88 Å². The molecular weight excluding hydrogens is 380 g/mol. The summed E-state index contributed by atoms with van der Waals surface area (Å²) >= 11 is 1.30. The zero-order chi connectivity index (χ0) is 19.8. The molecule has 3 aromatic heterocycles. The van der Waals surface area contributed by atoms with Crippen LogP contribution in [0.2, 0.25) is 0 Å². The lowest BCUT2D eigenvalue weighted by molar-refractivity contribution is 0.103. The lowest BCUT2D eigenvalue weighted by atomic mass is 10.2. The Balaban J connectivity index is 1.70. The summed E-state index contributed by atoms with van der Waals surface area (Å²) in [6.45, 7) is 3.91. The van der Waals surface area contributed by atoms with Crippen molar-refractivity contribution in [1.29, 1.82) is 0 Å². The van der Waals surface area contributed by atoms with Crippen molar-refractivity contribution >= 4 is 44.2 Å². The van der Waals surface area contributed by atoms with E-state index in [1.165, 1.54) is 11.3 Å². The molecule has 4 aromatic rings. The summed E-state index contributed by atoms with van der Waals surface area (Å²) in [6.07, 6.45) is 0. The standard InChI is InChI=1S/C19H18N4O4S/c1-9-15-18(26-4)22-14(8-25-3)23-19(15)28-16(9)17(24)21-11-5-6-13-12(7-11)20-10(2)27-13/h5-7H,8H2,1-4H3,(H,21,24). The minimum Gasteiger partial charge on any atom is -0.480 e. The molecule has 0 bridgehead atoms. The number of benzene rings is 1. The van der Waals surface area contributed by atoms with Crippen LogP contribution in [0.5, 0.6) is 5.88 Å². The van der Waals surface area contributed by atoms with E-state index in [9.17, 15) is 4.79 Å². The summed E-state index contributed by atoms with van der Waals surface area (Å²) in [5, 5.41) is 3.65. The van der Waals surface area contributed by atoms with Crippen molar-refractivity contribution in [3.05, 3.63) is 40.4 Å². The minimum atomic E-state index is -0.226. The van der Waals surface area contributed by atoms with E-state index < -0.39 is 0 Å². The highest BCUT2D eigenvalue weighted by molar-refractivity contribution is 7.20. The summed E-state index contributed by atoms with van der Waals surface area (Å²) in [7, 11) is 3.12. The van der Waals surface area contributed by atoms with Crippen molar-refractivity contribution in [3.63, 3.8) is 0 Å². The largest absolute Gasteiger partial charge is 0.480 e. The molecule has 0 unspecified atom stereocenters. The fraction of sp³-hybridized carbons (Fsp3) is 0.263. The molecule has 0 fully saturated rings. The Bertz CT molecular complexity index is 1200. The molecule has 9 heteroatoms. The number of oxazole rings is 1. The normalized spacial score (nSPS) is 11.3. The smallest absolute Gasteiger partial charge is 0.266 e. The quantitative estimate of drug-likeness (QED) is 0.545. The van der Waals surface area contributed by atoms with Crippen molar-refractivity contribution in [1.82, 2.24) is 15.0 Å². The fourth-order valence-corrected chi connectivity index (χ4v) is 4.10. The van der Waals surface area contributed by atoms with E-state index >= 15 is 0 Å². The van der Waals surface area contributed by atoms with Crippen molar-refractivity contribution in [2.45, 2.75) is 20.5 Å². The Labute approximate surface area is 164 Å². The number of ether oxygens (including phenoxy) is 2. The average Bonchev–Trinajstić information content (AvgIpc) is 3.20. The molecular formula is C19H18N4O4S. The van der Waals surface area contributed by atoms with Crippen LogP contribution in [0.1, 0.15) is 27.0 Å². The van der Waals surface area contributed by atoms with Gasteiger partial charge in [0.15, 0.2) is 17.3 Å². The number of methoxy groups -OCH3 is 2. The number of aromatic nitrogens is 3. The van der Waals surface area contributed by atoms with Gasteiger partial charge in [0.2, 0.25) is 5.88 Å². The Hall–Kier alpha value is -3.04. The van der Waals surface area contributed by atoms with Gasteiger partial charge in [-0.2, -0.15) is 4.98 Å². The van der Waals surface area contributed by atoms with Crippen molar-refractivity contribution in [2.24, 2.45) is 0 Å². The molecule has 144 valence electrons. The number of nitrogens with one attached hydrogen (secondary N) is 1. The lowest BCUT2D eigenvalue weighted by Crippen LogP contribution is -2.11. The zero-order valence-corrected chi connectivity index (χ0v) is 16.6. The van der Waals surface area contributed by atoms with Gasteiger partial charge < -0.3 is 19.2 Å². The maximum absolute atomic E-state index is 12.9. The summed E-state index contributed by atoms with van der Waals surface area (Å²) in [5.41, 5.74) is 2.79. The monoisotopic (exact) mass is 398 g/mol. The molecule has 28 heavy (non-hydrogen) atoms. The second-order valence-electron chi connectivity index (χ2n) is 6.19. The summed E-state index contributed by atoms with van der Waals surface area (Å²) in [5.74, 6) is 1.29. The molecule has 0 saturated carbocycles. The van der Waals surface area contributed by atoms with Crippen LogP contribution < -0.4 is 10.1 Å². The van der Waals surface area contributed by atoms with Crippen LogP contribution in [-0.2, 0) is 11.3 Å². The fourth-order valence-electron chi connectivity index (χ4n) is 3.01. The van der Waals surface area contributed by atoms with Gasteiger partial charge in [-0.15, -0.1) is 11.3 Å². The first-order valence-electron chi connectivity index (χ1n) is 8.51. The number of amides is 1. The Kier molecular flexibility index (Phi) is 4.70. The van der Waals surface area contributed by atoms with Crippen molar-refractivity contribution in [2.75, 3.05) is 19.5 Å². The van der Waals surface area contributed by atoms with Crippen molar-refractivity contribution < 1.29 is 18.7 Å². The Morgan fingerprint density at radius 3 is 2.79 bits per heavy atom. The molecule has 0 aliphatic carbocycles. The third kappa shape index (κ3) is 3.19. The van der Waals surface area contributed by atoms with Gasteiger partial charge in [-0.1, -0.05) is 0 Å². The molecule has 1 N–H and O–H groups in total. The van der Waals surface area contributed by atoms with Gasteiger partial charge in [0, 0.05) is 19.7 Å². The van der Waals surface area contributed by atoms with Gasteiger partial charge in [-0.05, 0) is 30.7 Å². The van der Waals surface area contributed by atoms with E-state index in [1.807, 2.05) is 6.92 Å². The first kappa shape index (κ1) is 18.3. The molecule has 8 nitrogen and oxygen atoms in total. The van der Waals surface area contributed by atoms with E-state index in [0.29, 0.717) is 44.1 Å². The number of hydrogen-bond donors (Lipinski definition) is 1. The molecule has 0 radical (unpaired) electrons. The molecule has 4 rings (SSSR count). The second kappa shape index (κ2) is 7.17. The van der Waals surface area contributed by atoms with E-state index in [1.54, 1.807) is 39.3 Å². The summed E-state index contributed by atoms with van der Waals surface area (Å²) < 4.78 is 16.0. The topological polar surface area (TPSA) is 99.4 Å². The highest BCUT2D eigenvalue weighted by Crippen LogP contribution is 2.35. The maximum atomic E-state index is 12.9. The van der Waals surface area contributed by atoms with Gasteiger partial charge in [0.05, 0.1) is 17.4 Å². The predicted octanol–water partition coefficient (Wildman–Crippen LogP) is 3.86. The summed E-state index contributed by atoms with van der Waals surface area (Å²) in [6, 6.07) is 5.35. The highest BCUT2D eigenvalue weighted by Gasteiger charge is 2.21. The Morgan fingerprint density at radius 1 is 1.21 bits per heavy atom.